The van der Waals surface area contributed by atoms with E-state index in [2.05, 4.69) is 0 Å². The molecule has 162 valence electrons. The molecule has 1 saturated heterocycles. The maximum Gasteiger partial charge on any atom is 0.222 e. The molecule has 3 rings (SSSR count). The molecule has 0 amide bonds. The van der Waals surface area contributed by atoms with Crippen molar-refractivity contribution in [3.8, 4) is 0 Å². The lowest BCUT2D eigenvalue weighted by Crippen LogP contribution is -2.43. The number of benzene rings is 2. The number of halogens is 1. The highest BCUT2D eigenvalue weighted by atomic mass is 19.1. The first kappa shape index (κ1) is 23.4. The molecular formula is C22H31FO6. The Labute approximate surface area is 172 Å². The molecule has 0 atom stereocenters. The molecule has 0 spiro atoms. The molecule has 4 N–H and O–H groups in total. The highest BCUT2D eigenvalue weighted by molar-refractivity contribution is 5.34. The summed E-state index contributed by atoms with van der Waals surface area (Å²) >= 11 is 0. The van der Waals surface area contributed by atoms with Gasteiger partial charge in [0.05, 0.1) is 48.2 Å². The molecule has 0 saturated carbocycles. The van der Waals surface area contributed by atoms with Crippen LogP contribution in [-0.4, -0.2) is 67.2 Å². The van der Waals surface area contributed by atoms with E-state index in [1.54, 1.807) is 0 Å². The van der Waals surface area contributed by atoms with Crippen molar-refractivity contribution < 1.29 is 35.7 Å². The van der Waals surface area contributed by atoms with Gasteiger partial charge < -0.3 is 29.9 Å². The quantitative estimate of drug-likeness (QED) is 0.578. The predicted octanol–water partition coefficient (Wildman–Crippen LogP) is 1.71. The third kappa shape index (κ3) is 7.15. The molecule has 0 unspecified atom stereocenters. The highest BCUT2D eigenvalue weighted by Gasteiger charge is 2.40. The van der Waals surface area contributed by atoms with Crippen LogP contribution in [-0.2, 0) is 15.3 Å². The fourth-order valence-corrected chi connectivity index (χ4v) is 2.65. The summed E-state index contributed by atoms with van der Waals surface area (Å²) in [5.74, 6) is -1.18. The van der Waals surface area contributed by atoms with E-state index in [0.717, 1.165) is 11.1 Å². The van der Waals surface area contributed by atoms with Crippen LogP contribution >= 0.6 is 0 Å². The van der Waals surface area contributed by atoms with Crippen molar-refractivity contribution in [2.75, 3.05) is 46.8 Å². The topological polar surface area (TPSA) is 99.4 Å². The average Bonchev–Trinajstić information content (AvgIpc) is 2.82. The number of rotatable bonds is 6. The molecule has 1 aliphatic heterocycles. The maximum absolute atomic E-state index is 9.96. The highest BCUT2D eigenvalue weighted by Crippen LogP contribution is 2.38. The lowest BCUT2D eigenvalue weighted by Gasteiger charge is -2.40. The van der Waals surface area contributed by atoms with E-state index in [1.165, 1.54) is 0 Å². The van der Waals surface area contributed by atoms with Crippen LogP contribution in [0.4, 0.5) is 4.39 Å². The van der Waals surface area contributed by atoms with Crippen molar-refractivity contribution in [1.82, 2.24) is 0 Å². The Morgan fingerprint density at radius 2 is 1.28 bits per heavy atom. The van der Waals surface area contributed by atoms with Crippen molar-refractivity contribution in [1.29, 1.82) is 0 Å². The Morgan fingerprint density at radius 1 is 0.897 bits per heavy atom. The molecule has 29 heavy (non-hydrogen) atoms. The largest absolute Gasteiger partial charge is 0.396 e. The minimum absolute atomic E-state index is 0.0375. The minimum atomic E-state index is -1.00. The van der Waals surface area contributed by atoms with Gasteiger partial charge in [-0.25, -0.2) is 0 Å². The molecule has 0 radical (unpaired) electrons. The molecule has 6 nitrogen and oxygen atoms in total. The van der Waals surface area contributed by atoms with Crippen LogP contribution in [0.15, 0.2) is 60.7 Å². The van der Waals surface area contributed by atoms with Gasteiger partial charge in [-0.3, -0.25) is 4.39 Å². The first-order chi connectivity index (χ1) is 14.6. The fraction of sp³-hybridized carbons (Fsp3) is 0.455. The van der Waals surface area contributed by atoms with Gasteiger partial charge >= 0.3 is 0 Å². The number of hydrogen-bond acceptors (Lipinski definition) is 6. The Hall–Kier alpha value is -1.87. The van der Waals surface area contributed by atoms with Gasteiger partial charge in [0.1, 0.15) is 0 Å². The average molecular weight is 411 g/mol. The van der Waals surface area contributed by atoms with Crippen molar-refractivity contribution in [2.24, 2.45) is 11.8 Å². The smallest absolute Gasteiger partial charge is 0.222 e. The van der Waals surface area contributed by atoms with Crippen LogP contribution in [0.25, 0.3) is 0 Å². The van der Waals surface area contributed by atoms with Gasteiger partial charge in [0.25, 0.3) is 0 Å². The molecular weight excluding hydrogens is 379 g/mol. The lowest BCUT2D eigenvalue weighted by atomic mass is 9.95. The van der Waals surface area contributed by atoms with Gasteiger partial charge in [-0.2, -0.15) is 0 Å². The lowest BCUT2D eigenvalue weighted by molar-refractivity contribution is -0.270. The van der Waals surface area contributed by atoms with Crippen LogP contribution in [0.1, 0.15) is 12.5 Å². The Kier molecular flexibility index (Phi) is 11.4. The van der Waals surface area contributed by atoms with E-state index >= 15 is 0 Å². The summed E-state index contributed by atoms with van der Waals surface area (Å²) < 4.78 is 27.6. The standard InChI is InChI=1S/C17H18O3.C4H10O3.CH3F/c18-11-14-12-19-17(20-13-14,15-7-3-1-4-8-15)16-9-5-2-6-10-16;5-1-4(2-6)3-7;1-2/h1-10,14,18H,11-13H2;4-7H,1-3H2;1H3/i;;1D. The second-order valence-electron chi connectivity index (χ2n) is 6.43. The predicted molar refractivity (Wildman–Crippen MR) is 108 cm³/mol. The SMILES string of the molecule is OCC(CO)CO.OCC1COC(c2ccccc2)(c2ccccc2)OC1.[2H]CF. The van der Waals surface area contributed by atoms with Crippen molar-refractivity contribution >= 4 is 0 Å². The number of aliphatic hydroxyl groups is 4. The first-order valence-electron chi connectivity index (χ1n) is 10.00. The van der Waals surface area contributed by atoms with Gasteiger partial charge in [-0.1, -0.05) is 60.7 Å². The number of aliphatic hydroxyl groups excluding tert-OH is 4. The summed E-state index contributed by atoms with van der Waals surface area (Å²) in [7, 11) is -1.00. The van der Waals surface area contributed by atoms with Gasteiger partial charge in [0.15, 0.2) is 0 Å². The van der Waals surface area contributed by atoms with E-state index in [0.29, 0.717) is 13.2 Å². The molecule has 2 aromatic rings. The maximum atomic E-state index is 9.96. The van der Waals surface area contributed by atoms with Crippen LogP contribution in [0, 0.1) is 11.8 Å². The van der Waals surface area contributed by atoms with E-state index < -0.39 is 12.9 Å². The van der Waals surface area contributed by atoms with Crippen LogP contribution in [0.5, 0.6) is 0 Å². The van der Waals surface area contributed by atoms with Crippen molar-refractivity contribution in [2.45, 2.75) is 5.79 Å². The molecule has 1 fully saturated rings. The van der Waals surface area contributed by atoms with Crippen LogP contribution in [0.2, 0.25) is 0 Å². The van der Waals surface area contributed by atoms with E-state index in [9.17, 15) is 9.50 Å². The molecule has 1 heterocycles. The summed E-state index contributed by atoms with van der Waals surface area (Å²) in [5.41, 5.74) is 1.95. The van der Waals surface area contributed by atoms with E-state index in [4.69, 9.17) is 26.2 Å². The van der Waals surface area contributed by atoms with Crippen molar-refractivity contribution in [3.63, 3.8) is 0 Å². The normalized spacial score (nSPS) is 16.1. The second kappa shape index (κ2) is 14.2. The third-order valence-corrected chi connectivity index (χ3v) is 4.39. The molecule has 0 aliphatic carbocycles. The molecule has 7 heteroatoms. The van der Waals surface area contributed by atoms with Gasteiger partial charge in [-0.15, -0.1) is 0 Å². The van der Waals surface area contributed by atoms with Gasteiger partial charge in [0.2, 0.25) is 5.79 Å². The van der Waals surface area contributed by atoms with Gasteiger partial charge in [0, 0.05) is 23.0 Å². The molecule has 1 aliphatic rings. The summed E-state index contributed by atoms with van der Waals surface area (Å²) in [6.45, 7) is 0.618. The third-order valence-electron chi connectivity index (χ3n) is 4.39. The Morgan fingerprint density at radius 3 is 1.55 bits per heavy atom. The number of alkyl halides is 1. The zero-order chi connectivity index (χ0) is 22.2. The van der Waals surface area contributed by atoms with Crippen molar-refractivity contribution in [3.05, 3.63) is 71.8 Å². The molecule has 0 bridgehead atoms. The zero-order valence-corrected chi connectivity index (χ0v) is 16.4. The fourth-order valence-electron chi connectivity index (χ4n) is 2.65. The first-order valence-corrected chi connectivity index (χ1v) is 9.29. The van der Waals surface area contributed by atoms with Gasteiger partial charge in [-0.05, 0) is 0 Å². The van der Waals surface area contributed by atoms with Crippen LogP contribution < -0.4 is 0 Å². The second-order valence-corrected chi connectivity index (χ2v) is 6.43. The summed E-state index contributed by atoms with van der Waals surface area (Å²) in [4.78, 5) is 0. The van der Waals surface area contributed by atoms with E-state index in [1.807, 2.05) is 60.7 Å². The Balaban J connectivity index is 0.000000380. The summed E-state index contributed by atoms with van der Waals surface area (Å²) in [6, 6.07) is 19.9. The van der Waals surface area contributed by atoms with E-state index in [-0.39, 0.29) is 38.3 Å². The monoisotopic (exact) mass is 411 g/mol. The molecule has 0 aromatic heterocycles. The zero-order valence-electron chi connectivity index (χ0n) is 17.4. The Bertz CT molecular complexity index is 602. The summed E-state index contributed by atoms with van der Waals surface area (Å²) in [6.07, 6.45) is 0. The number of ether oxygens (including phenoxy) is 2. The molecule has 2 aromatic carbocycles. The number of hydrogen-bond donors (Lipinski definition) is 4. The minimum Gasteiger partial charge on any atom is -0.396 e. The summed E-state index contributed by atoms with van der Waals surface area (Å²) in [5, 5.41) is 33.9. The van der Waals surface area contributed by atoms with Crippen LogP contribution in [0.3, 0.4) is 0 Å².